The summed E-state index contributed by atoms with van der Waals surface area (Å²) in [5, 5.41) is 3.08. The third-order valence-corrected chi connectivity index (χ3v) is 6.02. The minimum Gasteiger partial charge on any atom is -0.495 e. The van der Waals surface area contributed by atoms with Crippen molar-refractivity contribution in [1.29, 1.82) is 0 Å². The smallest absolute Gasteiger partial charge is 0.264 e. The van der Waals surface area contributed by atoms with E-state index in [0.717, 1.165) is 9.87 Å². The van der Waals surface area contributed by atoms with Crippen LogP contribution in [0.5, 0.6) is 5.75 Å². The standard InChI is InChI=1S/C20H25ClN2O4S/c1-14(2)12-22-20(24)13-23(18-11-16(21)7-10-19(18)27-4)28(25,26)17-8-5-15(3)6-9-17/h5-11,14H,12-13H2,1-4H3,(H,22,24). The average Bonchev–Trinajstić information content (AvgIpc) is 2.64. The largest absolute Gasteiger partial charge is 0.495 e. The first-order chi connectivity index (χ1) is 13.1. The summed E-state index contributed by atoms with van der Waals surface area (Å²) in [6, 6.07) is 11.1. The third-order valence-electron chi connectivity index (χ3n) is 4.01. The molecule has 2 rings (SSSR count). The van der Waals surface area contributed by atoms with Gasteiger partial charge in [-0.2, -0.15) is 0 Å². The van der Waals surface area contributed by atoms with E-state index in [1.165, 1.54) is 25.3 Å². The van der Waals surface area contributed by atoms with E-state index >= 15 is 0 Å². The van der Waals surface area contributed by atoms with Crippen LogP contribution in [0, 0.1) is 12.8 Å². The maximum absolute atomic E-state index is 13.3. The van der Waals surface area contributed by atoms with Gasteiger partial charge in [0.2, 0.25) is 5.91 Å². The number of halogens is 1. The second-order valence-corrected chi connectivity index (χ2v) is 9.14. The van der Waals surface area contributed by atoms with Crippen molar-refractivity contribution < 1.29 is 17.9 Å². The lowest BCUT2D eigenvalue weighted by Crippen LogP contribution is -2.42. The predicted molar refractivity (Wildman–Crippen MR) is 112 cm³/mol. The summed E-state index contributed by atoms with van der Waals surface area (Å²) in [6.45, 7) is 5.85. The summed E-state index contributed by atoms with van der Waals surface area (Å²) in [4.78, 5) is 12.5. The molecule has 2 aromatic carbocycles. The zero-order chi connectivity index (χ0) is 20.9. The number of benzene rings is 2. The molecule has 0 atom stereocenters. The molecule has 0 aliphatic rings. The molecule has 0 spiro atoms. The van der Waals surface area contributed by atoms with Crippen molar-refractivity contribution in [2.45, 2.75) is 25.7 Å². The van der Waals surface area contributed by atoms with E-state index < -0.39 is 15.9 Å². The molecule has 0 saturated carbocycles. The van der Waals surface area contributed by atoms with Crippen LogP contribution < -0.4 is 14.4 Å². The van der Waals surface area contributed by atoms with Crippen LogP contribution in [0.1, 0.15) is 19.4 Å². The Morgan fingerprint density at radius 3 is 2.39 bits per heavy atom. The Bertz CT molecular complexity index is 928. The number of anilines is 1. The topological polar surface area (TPSA) is 75.7 Å². The van der Waals surface area contributed by atoms with Gasteiger partial charge in [-0.15, -0.1) is 0 Å². The van der Waals surface area contributed by atoms with Crippen molar-refractivity contribution in [1.82, 2.24) is 5.32 Å². The van der Waals surface area contributed by atoms with E-state index in [9.17, 15) is 13.2 Å². The highest BCUT2D eigenvalue weighted by Crippen LogP contribution is 2.34. The lowest BCUT2D eigenvalue weighted by atomic mass is 10.2. The molecule has 8 heteroatoms. The number of rotatable bonds is 8. The number of methoxy groups -OCH3 is 1. The predicted octanol–water partition coefficient (Wildman–Crippen LogP) is 3.62. The third kappa shape index (κ3) is 5.39. The highest BCUT2D eigenvalue weighted by molar-refractivity contribution is 7.92. The number of hydrogen-bond acceptors (Lipinski definition) is 4. The Kier molecular flexibility index (Phi) is 7.32. The number of carbonyl (C=O) groups is 1. The van der Waals surface area contributed by atoms with E-state index in [-0.39, 0.29) is 23.0 Å². The second kappa shape index (κ2) is 9.30. The number of amides is 1. The molecule has 0 fully saturated rings. The van der Waals surface area contributed by atoms with Gasteiger partial charge in [-0.3, -0.25) is 9.10 Å². The number of nitrogens with one attached hydrogen (secondary N) is 1. The molecule has 1 N–H and O–H groups in total. The van der Waals surface area contributed by atoms with Gasteiger partial charge in [0.1, 0.15) is 12.3 Å². The van der Waals surface area contributed by atoms with E-state index in [2.05, 4.69) is 5.32 Å². The molecule has 1 amide bonds. The SMILES string of the molecule is COc1ccc(Cl)cc1N(CC(=O)NCC(C)C)S(=O)(=O)c1ccc(C)cc1. The minimum absolute atomic E-state index is 0.0804. The van der Waals surface area contributed by atoms with Gasteiger partial charge in [0, 0.05) is 11.6 Å². The van der Waals surface area contributed by atoms with E-state index in [1.54, 1.807) is 24.3 Å². The summed E-state index contributed by atoms with van der Waals surface area (Å²) in [6.07, 6.45) is 0. The fourth-order valence-electron chi connectivity index (χ4n) is 2.50. The summed E-state index contributed by atoms with van der Waals surface area (Å²) in [5.41, 5.74) is 1.13. The normalized spacial score (nSPS) is 11.4. The zero-order valence-electron chi connectivity index (χ0n) is 16.4. The van der Waals surface area contributed by atoms with Gasteiger partial charge in [0.15, 0.2) is 0 Å². The lowest BCUT2D eigenvalue weighted by molar-refractivity contribution is -0.119. The Balaban J connectivity index is 2.51. The minimum atomic E-state index is -4.02. The maximum atomic E-state index is 13.3. The fraction of sp³-hybridized carbons (Fsp3) is 0.350. The van der Waals surface area contributed by atoms with Crippen molar-refractivity contribution >= 4 is 33.2 Å². The van der Waals surface area contributed by atoms with Crippen LogP contribution in [0.15, 0.2) is 47.4 Å². The molecular weight excluding hydrogens is 400 g/mol. The number of ether oxygens (including phenoxy) is 1. The number of nitrogens with zero attached hydrogens (tertiary/aromatic N) is 1. The molecule has 2 aromatic rings. The molecule has 0 saturated heterocycles. The molecule has 0 aromatic heterocycles. The molecule has 0 aliphatic carbocycles. The maximum Gasteiger partial charge on any atom is 0.264 e. The lowest BCUT2D eigenvalue weighted by Gasteiger charge is -2.26. The highest BCUT2D eigenvalue weighted by Gasteiger charge is 2.29. The van der Waals surface area contributed by atoms with Gasteiger partial charge >= 0.3 is 0 Å². The van der Waals surface area contributed by atoms with Crippen molar-refractivity contribution in [3.63, 3.8) is 0 Å². The summed E-state index contributed by atoms with van der Waals surface area (Å²) in [7, 11) is -2.59. The molecule has 0 unspecified atom stereocenters. The second-order valence-electron chi connectivity index (χ2n) is 6.84. The van der Waals surface area contributed by atoms with E-state index in [0.29, 0.717) is 17.3 Å². The van der Waals surface area contributed by atoms with Gasteiger partial charge in [-0.05, 0) is 43.2 Å². The quantitative estimate of drug-likeness (QED) is 0.702. The highest BCUT2D eigenvalue weighted by atomic mass is 35.5. The molecule has 0 bridgehead atoms. The van der Waals surface area contributed by atoms with Crippen LogP contribution in [-0.2, 0) is 14.8 Å². The first-order valence-electron chi connectivity index (χ1n) is 8.84. The Labute approximate surface area is 171 Å². The summed E-state index contributed by atoms with van der Waals surface area (Å²) >= 11 is 6.10. The first kappa shape index (κ1) is 22.0. The number of carbonyl (C=O) groups excluding carboxylic acids is 1. The van der Waals surface area contributed by atoms with Crippen LogP contribution >= 0.6 is 11.6 Å². The van der Waals surface area contributed by atoms with Crippen molar-refractivity contribution in [3.05, 3.63) is 53.1 Å². The number of aryl methyl sites for hydroxylation is 1. The van der Waals surface area contributed by atoms with E-state index in [4.69, 9.17) is 16.3 Å². The summed E-state index contributed by atoms with van der Waals surface area (Å²) < 4.78 is 33.0. The van der Waals surface area contributed by atoms with Crippen molar-refractivity contribution in [2.24, 2.45) is 5.92 Å². The molecule has 0 aliphatic heterocycles. The van der Waals surface area contributed by atoms with Crippen LogP contribution in [-0.4, -0.2) is 34.5 Å². The summed E-state index contributed by atoms with van der Waals surface area (Å²) in [5.74, 6) is 0.134. The van der Waals surface area contributed by atoms with Gasteiger partial charge in [-0.1, -0.05) is 43.1 Å². The molecule has 0 heterocycles. The van der Waals surface area contributed by atoms with Crippen LogP contribution in [0.3, 0.4) is 0 Å². The van der Waals surface area contributed by atoms with Gasteiger partial charge in [-0.25, -0.2) is 8.42 Å². The van der Waals surface area contributed by atoms with Gasteiger partial charge in [0.05, 0.1) is 17.7 Å². The Morgan fingerprint density at radius 2 is 1.82 bits per heavy atom. The van der Waals surface area contributed by atoms with Crippen molar-refractivity contribution in [3.8, 4) is 5.75 Å². The average molecular weight is 425 g/mol. The zero-order valence-corrected chi connectivity index (χ0v) is 18.0. The van der Waals surface area contributed by atoms with E-state index in [1.807, 2.05) is 20.8 Å². The number of sulfonamides is 1. The van der Waals surface area contributed by atoms with Gasteiger partial charge < -0.3 is 10.1 Å². The van der Waals surface area contributed by atoms with Gasteiger partial charge in [0.25, 0.3) is 10.0 Å². The molecular formula is C20H25ClN2O4S. The Hall–Kier alpha value is -2.25. The first-order valence-corrected chi connectivity index (χ1v) is 10.7. The van der Waals surface area contributed by atoms with Crippen LogP contribution in [0.2, 0.25) is 5.02 Å². The molecule has 6 nitrogen and oxygen atoms in total. The van der Waals surface area contributed by atoms with Crippen LogP contribution in [0.4, 0.5) is 5.69 Å². The fourth-order valence-corrected chi connectivity index (χ4v) is 4.09. The molecule has 152 valence electrons. The molecule has 28 heavy (non-hydrogen) atoms. The monoisotopic (exact) mass is 424 g/mol. The Morgan fingerprint density at radius 1 is 1.18 bits per heavy atom. The molecule has 0 radical (unpaired) electrons. The van der Waals surface area contributed by atoms with Crippen molar-refractivity contribution in [2.75, 3.05) is 24.5 Å². The van der Waals surface area contributed by atoms with Crippen LogP contribution in [0.25, 0.3) is 0 Å². The number of hydrogen-bond donors (Lipinski definition) is 1.